The number of Topliss-reactive ketones (excluding diaryl/α,β-unsaturated/α-hetero) is 2. The molecular formula is C27H27N3O7. The molecule has 3 aliphatic rings. The molecule has 0 aromatic heterocycles. The average molecular weight is 506 g/mol. The van der Waals surface area contributed by atoms with Gasteiger partial charge in [-0.05, 0) is 67.7 Å². The number of aliphatic hydroxyl groups excluding tert-OH is 2. The molecule has 0 aliphatic heterocycles. The summed E-state index contributed by atoms with van der Waals surface area (Å²) in [6.45, 7) is 0. The van der Waals surface area contributed by atoms with Crippen LogP contribution in [0.2, 0.25) is 0 Å². The first kappa shape index (κ1) is 24.5. The lowest BCUT2D eigenvalue weighted by atomic mass is 9.58. The Bertz CT molecular complexity index is 1460. The van der Waals surface area contributed by atoms with Crippen molar-refractivity contribution in [2.45, 2.75) is 24.5 Å². The molecule has 0 fully saturated rings. The van der Waals surface area contributed by atoms with Gasteiger partial charge in [-0.2, -0.15) is 0 Å². The molecule has 5 rings (SSSR count). The molecule has 0 radical (unpaired) electrons. The number of fused-ring (bicyclic) bond motifs is 3. The van der Waals surface area contributed by atoms with Crippen molar-refractivity contribution in [1.82, 2.24) is 4.90 Å². The van der Waals surface area contributed by atoms with Gasteiger partial charge < -0.3 is 31.9 Å². The molecule has 8 N–H and O–H groups in total. The minimum atomic E-state index is -2.66. The van der Waals surface area contributed by atoms with E-state index in [1.807, 2.05) is 6.07 Å². The Balaban J connectivity index is 1.73. The number of hydrogen-bond donors (Lipinski definition) is 6. The number of rotatable bonds is 3. The van der Waals surface area contributed by atoms with E-state index in [1.54, 1.807) is 38.4 Å². The number of aromatic hydroxyl groups is 1. The summed E-state index contributed by atoms with van der Waals surface area (Å²) in [5.41, 5.74) is 10.1. The van der Waals surface area contributed by atoms with E-state index >= 15 is 0 Å². The van der Waals surface area contributed by atoms with Gasteiger partial charge in [0.05, 0.1) is 11.6 Å². The van der Waals surface area contributed by atoms with Crippen LogP contribution in [0.3, 0.4) is 0 Å². The number of amides is 1. The van der Waals surface area contributed by atoms with Gasteiger partial charge in [-0.15, -0.1) is 0 Å². The standard InChI is InChI=1S/C27H27N3O7/c1-30(2)21-16-10-12-9-15-14(11-4-3-5-13(28)8-11)6-7-17(31)19(15)22(32)18(12)24(34)27(16,37)25(35)20(23(21)33)26(29)36/h3-8,12,16,21,31,33-34,37H,9-10,28H2,1-2H3,(H2,29,36)/t12-,16-,21-,27-/m0/s1. The van der Waals surface area contributed by atoms with Crippen LogP contribution in [0, 0.1) is 11.8 Å². The SMILES string of the molecule is CN(C)[C@@H]1C(O)=C(C(N)=O)C(=O)[C@@]2(O)C(O)=C3C(=O)c4c(O)ccc(-c5cccc(N)c5)c4C[C@H]3C[C@@H]12. The van der Waals surface area contributed by atoms with Gasteiger partial charge in [0.2, 0.25) is 5.78 Å². The van der Waals surface area contributed by atoms with E-state index in [0.29, 0.717) is 16.8 Å². The molecule has 2 aromatic rings. The van der Waals surface area contributed by atoms with E-state index in [2.05, 4.69) is 0 Å². The Labute approximate surface area is 212 Å². The maximum absolute atomic E-state index is 13.8. The maximum atomic E-state index is 13.8. The van der Waals surface area contributed by atoms with Crippen molar-refractivity contribution in [2.24, 2.45) is 17.6 Å². The van der Waals surface area contributed by atoms with E-state index in [1.165, 1.54) is 11.0 Å². The summed E-state index contributed by atoms with van der Waals surface area (Å²) < 4.78 is 0. The summed E-state index contributed by atoms with van der Waals surface area (Å²) in [6, 6.07) is 9.08. The van der Waals surface area contributed by atoms with Crippen LogP contribution in [0.5, 0.6) is 5.75 Å². The number of carbonyl (C=O) groups is 3. The number of phenols is 1. The van der Waals surface area contributed by atoms with Crippen molar-refractivity contribution < 1.29 is 34.8 Å². The Kier molecular flexibility index (Phi) is 5.43. The summed E-state index contributed by atoms with van der Waals surface area (Å²) in [7, 11) is 3.17. The number of anilines is 1. The van der Waals surface area contributed by atoms with Crippen LogP contribution in [0.15, 0.2) is 59.1 Å². The molecule has 3 aliphatic carbocycles. The number of benzene rings is 2. The molecular weight excluding hydrogens is 478 g/mol. The van der Waals surface area contributed by atoms with Crippen LogP contribution in [-0.2, 0) is 16.0 Å². The summed E-state index contributed by atoms with van der Waals surface area (Å²) in [5.74, 6) is -6.77. The van der Waals surface area contributed by atoms with Crippen LogP contribution in [0.4, 0.5) is 5.69 Å². The number of aliphatic hydroxyl groups is 3. The van der Waals surface area contributed by atoms with Gasteiger partial charge in [-0.1, -0.05) is 18.2 Å². The number of nitrogens with two attached hydrogens (primary N) is 2. The van der Waals surface area contributed by atoms with E-state index < -0.39 is 58.0 Å². The Morgan fingerprint density at radius 2 is 1.81 bits per heavy atom. The van der Waals surface area contributed by atoms with E-state index in [9.17, 15) is 34.8 Å². The molecule has 0 saturated carbocycles. The second-order valence-electron chi connectivity index (χ2n) is 10.1. The Morgan fingerprint density at radius 1 is 1.11 bits per heavy atom. The lowest BCUT2D eigenvalue weighted by Gasteiger charge is -2.50. The zero-order chi connectivity index (χ0) is 27.0. The Morgan fingerprint density at radius 3 is 2.43 bits per heavy atom. The molecule has 192 valence electrons. The quantitative estimate of drug-likeness (QED) is 0.264. The molecule has 0 saturated heterocycles. The van der Waals surface area contributed by atoms with Crippen LogP contribution >= 0.6 is 0 Å². The van der Waals surface area contributed by atoms with Crippen molar-refractivity contribution in [2.75, 3.05) is 19.8 Å². The van der Waals surface area contributed by atoms with E-state index in [4.69, 9.17) is 11.5 Å². The highest BCUT2D eigenvalue weighted by molar-refractivity contribution is 6.24. The smallest absolute Gasteiger partial charge is 0.255 e. The van der Waals surface area contributed by atoms with Crippen molar-refractivity contribution in [1.29, 1.82) is 0 Å². The molecule has 0 bridgehead atoms. The second kappa shape index (κ2) is 8.19. The fraction of sp³-hybridized carbons (Fsp3) is 0.296. The summed E-state index contributed by atoms with van der Waals surface area (Å²) in [4.78, 5) is 40.7. The van der Waals surface area contributed by atoms with Gasteiger partial charge in [0, 0.05) is 17.2 Å². The van der Waals surface area contributed by atoms with Gasteiger partial charge >= 0.3 is 0 Å². The largest absolute Gasteiger partial charge is 0.510 e. The molecule has 10 heteroatoms. The average Bonchev–Trinajstić information content (AvgIpc) is 2.81. The molecule has 0 heterocycles. The number of allylic oxidation sites excluding steroid dienone is 1. The minimum absolute atomic E-state index is 0.0256. The molecule has 2 aromatic carbocycles. The highest BCUT2D eigenvalue weighted by Crippen LogP contribution is 2.53. The van der Waals surface area contributed by atoms with Crippen LogP contribution in [0.1, 0.15) is 22.3 Å². The molecule has 0 unspecified atom stereocenters. The first-order chi connectivity index (χ1) is 17.4. The van der Waals surface area contributed by atoms with Crippen LogP contribution in [-0.4, -0.2) is 68.5 Å². The van der Waals surface area contributed by atoms with Gasteiger partial charge in [-0.3, -0.25) is 19.3 Å². The van der Waals surface area contributed by atoms with Crippen LogP contribution < -0.4 is 11.5 Å². The fourth-order valence-electron chi connectivity index (χ4n) is 6.23. The van der Waals surface area contributed by atoms with Crippen molar-refractivity contribution >= 4 is 23.2 Å². The lowest BCUT2D eigenvalue weighted by Crippen LogP contribution is -2.63. The van der Waals surface area contributed by atoms with E-state index in [-0.39, 0.29) is 29.7 Å². The molecule has 4 atom stereocenters. The normalized spacial score (nSPS) is 27.2. The third-order valence-corrected chi connectivity index (χ3v) is 7.80. The van der Waals surface area contributed by atoms with Gasteiger partial charge in [0.1, 0.15) is 22.8 Å². The van der Waals surface area contributed by atoms with Crippen molar-refractivity contribution in [3.63, 3.8) is 0 Å². The lowest BCUT2D eigenvalue weighted by molar-refractivity contribution is -0.148. The number of hydrogen-bond acceptors (Lipinski definition) is 9. The third kappa shape index (κ3) is 3.29. The first-order valence-electron chi connectivity index (χ1n) is 11.7. The zero-order valence-electron chi connectivity index (χ0n) is 20.2. The topological polar surface area (TPSA) is 187 Å². The number of phenolic OH excluding ortho intramolecular Hbond substituents is 1. The molecule has 10 nitrogen and oxygen atoms in total. The molecule has 1 amide bonds. The van der Waals surface area contributed by atoms with E-state index in [0.717, 1.165) is 5.56 Å². The number of nitrogen functional groups attached to an aromatic ring is 1. The number of primary amides is 1. The molecule has 0 spiro atoms. The minimum Gasteiger partial charge on any atom is -0.510 e. The number of carbonyl (C=O) groups excluding carboxylic acids is 3. The van der Waals surface area contributed by atoms with Crippen molar-refractivity contribution in [3.05, 3.63) is 70.2 Å². The second-order valence-corrected chi connectivity index (χ2v) is 10.1. The summed E-state index contributed by atoms with van der Waals surface area (Å²) in [6.07, 6.45) is 0.227. The number of likely N-dealkylation sites (N-methyl/N-ethyl adjacent to an activating group) is 1. The number of nitrogens with zero attached hydrogens (tertiary/aromatic N) is 1. The van der Waals surface area contributed by atoms with Gasteiger partial charge in [0.25, 0.3) is 5.91 Å². The van der Waals surface area contributed by atoms with Crippen LogP contribution in [0.25, 0.3) is 11.1 Å². The molecule has 37 heavy (non-hydrogen) atoms. The highest BCUT2D eigenvalue weighted by atomic mass is 16.3. The predicted octanol–water partition coefficient (Wildman–Crippen LogP) is 1.37. The monoisotopic (exact) mass is 505 g/mol. The third-order valence-electron chi connectivity index (χ3n) is 7.80. The van der Waals surface area contributed by atoms with Gasteiger partial charge in [0.15, 0.2) is 11.4 Å². The summed E-state index contributed by atoms with van der Waals surface area (Å²) >= 11 is 0. The zero-order valence-corrected chi connectivity index (χ0v) is 20.2. The maximum Gasteiger partial charge on any atom is 0.255 e. The van der Waals surface area contributed by atoms with Gasteiger partial charge in [-0.25, -0.2) is 0 Å². The fourth-order valence-corrected chi connectivity index (χ4v) is 6.23. The first-order valence-corrected chi connectivity index (χ1v) is 11.7. The predicted molar refractivity (Wildman–Crippen MR) is 134 cm³/mol. The highest BCUT2D eigenvalue weighted by Gasteiger charge is 2.63. The summed E-state index contributed by atoms with van der Waals surface area (Å²) in [5, 5.41) is 44.5. The Hall–Kier alpha value is -4.15. The van der Waals surface area contributed by atoms with Crippen molar-refractivity contribution in [3.8, 4) is 16.9 Å². The number of ketones is 2.